The van der Waals surface area contributed by atoms with Gasteiger partial charge >= 0.3 is 0 Å². The zero-order valence-electron chi connectivity index (χ0n) is 12.3. The molecule has 0 aromatic carbocycles. The minimum absolute atomic E-state index is 0.204. The van der Waals surface area contributed by atoms with Crippen molar-refractivity contribution in [1.82, 2.24) is 15.1 Å². The molecule has 3 rings (SSSR count). The first-order valence-corrected chi connectivity index (χ1v) is 7.95. The van der Waals surface area contributed by atoms with Crippen LogP contribution in [0.2, 0.25) is 0 Å². The van der Waals surface area contributed by atoms with Gasteiger partial charge in [-0.15, -0.1) is 0 Å². The summed E-state index contributed by atoms with van der Waals surface area (Å²) in [5.74, 6) is 0.364. The molecule has 0 radical (unpaired) electrons. The van der Waals surface area contributed by atoms with E-state index in [9.17, 15) is 4.79 Å². The number of nitrogens with zero attached hydrogens (tertiary/aromatic N) is 2. The minimum atomic E-state index is -0.204. The second kappa shape index (κ2) is 5.06. The molecule has 1 amide bonds. The SMILES string of the molecule is CC(CN1C(=O)C2(CCCC2)NC1C)N1CCCC1. The van der Waals surface area contributed by atoms with Crippen LogP contribution in [-0.2, 0) is 4.79 Å². The van der Waals surface area contributed by atoms with Gasteiger partial charge in [-0.25, -0.2) is 0 Å². The topological polar surface area (TPSA) is 35.6 Å². The van der Waals surface area contributed by atoms with Crippen molar-refractivity contribution in [3.8, 4) is 0 Å². The molecule has 108 valence electrons. The standard InChI is InChI=1S/C15H27N3O/c1-12(17-9-5-6-10-17)11-18-13(2)16-15(14(18)19)7-3-4-8-15/h12-13,16H,3-11H2,1-2H3. The number of likely N-dealkylation sites (tertiary alicyclic amines) is 1. The van der Waals surface area contributed by atoms with E-state index in [4.69, 9.17) is 0 Å². The van der Waals surface area contributed by atoms with Gasteiger partial charge in [0.1, 0.15) is 0 Å². The summed E-state index contributed by atoms with van der Waals surface area (Å²) in [6, 6.07) is 0.493. The van der Waals surface area contributed by atoms with E-state index >= 15 is 0 Å². The molecule has 0 aromatic heterocycles. The lowest BCUT2D eigenvalue weighted by atomic mass is 9.98. The van der Waals surface area contributed by atoms with Crippen LogP contribution in [0.25, 0.3) is 0 Å². The highest BCUT2D eigenvalue weighted by molar-refractivity contribution is 5.89. The lowest BCUT2D eigenvalue weighted by molar-refractivity contribution is -0.133. The number of amides is 1. The monoisotopic (exact) mass is 265 g/mol. The van der Waals surface area contributed by atoms with Gasteiger partial charge < -0.3 is 4.90 Å². The quantitative estimate of drug-likeness (QED) is 0.841. The Morgan fingerprint density at radius 1 is 1.26 bits per heavy atom. The van der Waals surface area contributed by atoms with E-state index in [1.807, 2.05) is 0 Å². The summed E-state index contributed by atoms with van der Waals surface area (Å²) in [6.07, 6.45) is 7.29. The number of rotatable bonds is 3. The van der Waals surface area contributed by atoms with E-state index in [2.05, 4.69) is 29.0 Å². The van der Waals surface area contributed by atoms with Gasteiger partial charge in [-0.1, -0.05) is 12.8 Å². The number of hydrogen-bond acceptors (Lipinski definition) is 3. The van der Waals surface area contributed by atoms with Crippen molar-refractivity contribution in [2.45, 2.75) is 70.1 Å². The average Bonchev–Trinajstić information content (AvgIpc) is 3.08. The van der Waals surface area contributed by atoms with Crippen LogP contribution < -0.4 is 5.32 Å². The zero-order chi connectivity index (χ0) is 13.5. The molecule has 1 aliphatic carbocycles. The predicted octanol–water partition coefficient (Wildman–Crippen LogP) is 1.56. The fraction of sp³-hybridized carbons (Fsp3) is 0.933. The first-order valence-electron chi connectivity index (χ1n) is 7.95. The fourth-order valence-corrected chi connectivity index (χ4v) is 4.15. The first kappa shape index (κ1) is 13.4. The highest BCUT2D eigenvalue weighted by atomic mass is 16.2. The largest absolute Gasteiger partial charge is 0.324 e. The van der Waals surface area contributed by atoms with Crippen LogP contribution in [-0.4, -0.2) is 53.1 Å². The van der Waals surface area contributed by atoms with Gasteiger partial charge in [-0.2, -0.15) is 0 Å². The molecule has 0 bridgehead atoms. The Morgan fingerprint density at radius 2 is 1.89 bits per heavy atom. The first-order chi connectivity index (χ1) is 9.12. The molecule has 1 N–H and O–H groups in total. The summed E-state index contributed by atoms with van der Waals surface area (Å²) in [5, 5.41) is 3.58. The zero-order valence-corrected chi connectivity index (χ0v) is 12.3. The molecule has 2 atom stereocenters. The Balaban J connectivity index is 1.65. The van der Waals surface area contributed by atoms with Crippen LogP contribution in [0.3, 0.4) is 0 Å². The van der Waals surface area contributed by atoms with Gasteiger partial charge in [0.25, 0.3) is 0 Å². The van der Waals surface area contributed by atoms with Crippen LogP contribution in [0.4, 0.5) is 0 Å². The molecule has 0 aromatic rings. The second-order valence-corrected chi connectivity index (χ2v) is 6.66. The van der Waals surface area contributed by atoms with Crippen molar-refractivity contribution in [3.05, 3.63) is 0 Å². The Hall–Kier alpha value is -0.610. The molecule has 4 nitrogen and oxygen atoms in total. The van der Waals surface area contributed by atoms with Crippen LogP contribution in [0.15, 0.2) is 0 Å². The number of nitrogens with one attached hydrogen (secondary N) is 1. The van der Waals surface area contributed by atoms with Crippen molar-refractivity contribution in [1.29, 1.82) is 0 Å². The molecule has 1 saturated carbocycles. The Kier molecular flexibility index (Phi) is 3.56. The molecular weight excluding hydrogens is 238 g/mol. The molecular formula is C15H27N3O. The highest BCUT2D eigenvalue weighted by Crippen LogP contribution is 2.36. The van der Waals surface area contributed by atoms with Gasteiger partial charge in [0, 0.05) is 12.6 Å². The van der Waals surface area contributed by atoms with Crippen molar-refractivity contribution >= 4 is 5.91 Å². The van der Waals surface area contributed by atoms with E-state index in [-0.39, 0.29) is 11.7 Å². The third-order valence-electron chi connectivity index (χ3n) is 5.30. The summed E-state index contributed by atoms with van der Waals surface area (Å²) in [5.41, 5.74) is -0.204. The Bertz CT molecular complexity index is 345. The molecule has 3 fully saturated rings. The van der Waals surface area contributed by atoms with E-state index in [0.29, 0.717) is 11.9 Å². The third-order valence-corrected chi connectivity index (χ3v) is 5.30. The van der Waals surface area contributed by atoms with Gasteiger partial charge in [0.15, 0.2) is 0 Å². The summed E-state index contributed by atoms with van der Waals surface area (Å²) >= 11 is 0. The molecule has 2 saturated heterocycles. The molecule has 1 spiro atoms. The summed E-state index contributed by atoms with van der Waals surface area (Å²) in [4.78, 5) is 17.4. The fourth-order valence-electron chi connectivity index (χ4n) is 4.15. The van der Waals surface area contributed by atoms with Gasteiger partial charge in [0.05, 0.1) is 11.7 Å². The lowest BCUT2D eigenvalue weighted by Gasteiger charge is -2.30. The highest BCUT2D eigenvalue weighted by Gasteiger charge is 2.51. The Morgan fingerprint density at radius 3 is 2.53 bits per heavy atom. The third kappa shape index (κ3) is 2.29. The molecule has 4 heteroatoms. The van der Waals surface area contributed by atoms with Crippen molar-refractivity contribution in [2.75, 3.05) is 19.6 Å². The smallest absolute Gasteiger partial charge is 0.244 e. The van der Waals surface area contributed by atoms with Crippen LogP contribution >= 0.6 is 0 Å². The maximum absolute atomic E-state index is 12.7. The van der Waals surface area contributed by atoms with E-state index < -0.39 is 0 Å². The van der Waals surface area contributed by atoms with Gasteiger partial charge in [0.2, 0.25) is 5.91 Å². The summed E-state index contributed by atoms with van der Waals surface area (Å²) < 4.78 is 0. The van der Waals surface area contributed by atoms with Gasteiger partial charge in [-0.3, -0.25) is 15.0 Å². The number of carbonyl (C=O) groups is 1. The minimum Gasteiger partial charge on any atom is -0.324 e. The van der Waals surface area contributed by atoms with Crippen molar-refractivity contribution < 1.29 is 4.79 Å². The normalized spacial score (nSPS) is 32.6. The van der Waals surface area contributed by atoms with E-state index in [0.717, 1.165) is 19.4 Å². The summed E-state index contributed by atoms with van der Waals surface area (Å²) in [7, 11) is 0. The molecule has 2 aliphatic heterocycles. The van der Waals surface area contributed by atoms with E-state index in [1.165, 1.54) is 38.8 Å². The van der Waals surface area contributed by atoms with E-state index in [1.54, 1.807) is 0 Å². The van der Waals surface area contributed by atoms with Crippen LogP contribution in [0.5, 0.6) is 0 Å². The maximum Gasteiger partial charge on any atom is 0.244 e. The second-order valence-electron chi connectivity index (χ2n) is 6.66. The number of carbonyl (C=O) groups excluding carboxylic acids is 1. The average molecular weight is 265 g/mol. The Labute approximate surface area is 116 Å². The number of hydrogen-bond donors (Lipinski definition) is 1. The predicted molar refractivity (Wildman–Crippen MR) is 75.8 cm³/mol. The summed E-state index contributed by atoms with van der Waals surface area (Å²) in [6.45, 7) is 7.70. The molecule has 2 unspecified atom stereocenters. The molecule has 2 heterocycles. The molecule has 19 heavy (non-hydrogen) atoms. The van der Waals surface area contributed by atoms with Crippen molar-refractivity contribution in [2.24, 2.45) is 0 Å². The van der Waals surface area contributed by atoms with Gasteiger partial charge in [-0.05, 0) is 52.6 Å². The molecule has 3 aliphatic rings. The van der Waals surface area contributed by atoms with Crippen LogP contribution in [0.1, 0.15) is 52.4 Å². The van der Waals surface area contributed by atoms with Crippen molar-refractivity contribution in [3.63, 3.8) is 0 Å². The lowest BCUT2D eigenvalue weighted by Crippen LogP contribution is -2.46. The maximum atomic E-state index is 12.7. The van der Waals surface area contributed by atoms with Crippen LogP contribution in [0, 0.1) is 0 Å².